The molecule has 1 aliphatic heterocycles. The Morgan fingerprint density at radius 3 is 2.94 bits per heavy atom. The highest BCUT2D eigenvalue weighted by molar-refractivity contribution is 7.17. The van der Waals surface area contributed by atoms with Crippen molar-refractivity contribution in [2.45, 2.75) is 27.3 Å². The van der Waals surface area contributed by atoms with E-state index < -0.39 is 0 Å². The van der Waals surface area contributed by atoms with Crippen LogP contribution in [0.2, 0.25) is 0 Å². The predicted molar refractivity (Wildman–Crippen MR) is 73.2 cm³/mol. The van der Waals surface area contributed by atoms with Crippen molar-refractivity contribution < 1.29 is 4.74 Å². The normalized spacial score (nSPS) is 18.2. The summed E-state index contributed by atoms with van der Waals surface area (Å²) in [7, 11) is 0. The fourth-order valence-electron chi connectivity index (χ4n) is 2.36. The van der Waals surface area contributed by atoms with E-state index in [1.54, 1.807) is 11.3 Å². The lowest BCUT2D eigenvalue weighted by atomic mass is 9.89. The van der Waals surface area contributed by atoms with Gasteiger partial charge in [0.25, 0.3) is 0 Å². The van der Waals surface area contributed by atoms with Gasteiger partial charge in [-0.2, -0.15) is 0 Å². The van der Waals surface area contributed by atoms with Crippen molar-refractivity contribution in [3.8, 4) is 0 Å². The van der Waals surface area contributed by atoms with Gasteiger partial charge in [-0.05, 0) is 13.8 Å². The van der Waals surface area contributed by atoms with Gasteiger partial charge in [0, 0.05) is 29.6 Å². The molecule has 0 saturated carbocycles. The highest BCUT2D eigenvalue weighted by Gasteiger charge is 2.32. The van der Waals surface area contributed by atoms with Crippen molar-refractivity contribution in [1.29, 1.82) is 0 Å². The first kappa shape index (κ1) is 12.1. The van der Waals surface area contributed by atoms with E-state index in [1.165, 1.54) is 10.6 Å². The Morgan fingerprint density at radius 2 is 2.28 bits per heavy atom. The molecule has 0 bridgehead atoms. The molecule has 18 heavy (non-hydrogen) atoms. The van der Waals surface area contributed by atoms with Gasteiger partial charge < -0.3 is 10.1 Å². The maximum atomic E-state index is 5.27. The summed E-state index contributed by atoms with van der Waals surface area (Å²) in [6.07, 6.45) is 2.17. The number of fused-ring (bicyclic) bond motifs is 1. The Morgan fingerprint density at radius 1 is 1.50 bits per heavy atom. The third kappa shape index (κ3) is 2.06. The standard InChI is InChI=1S/C13H19N3OS/c1-9-5-16-11(10(2)15-12(16)18-9)4-14-6-13(3)7-17-8-13/h5,14H,4,6-8H2,1-3H3. The van der Waals surface area contributed by atoms with Crippen LogP contribution in [0, 0.1) is 19.3 Å². The van der Waals surface area contributed by atoms with Crippen LogP contribution in [0.1, 0.15) is 23.2 Å². The molecule has 1 saturated heterocycles. The molecule has 0 aliphatic carbocycles. The van der Waals surface area contributed by atoms with Crippen molar-refractivity contribution in [3.05, 3.63) is 22.5 Å². The topological polar surface area (TPSA) is 38.6 Å². The number of rotatable bonds is 4. The summed E-state index contributed by atoms with van der Waals surface area (Å²) in [5.41, 5.74) is 2.73. The first-order valence-electron chi connectivity index (χ1n) is 6.30. The molecule has 4 nitrogen and oxygen atoms in total. The van der Waals surface area contributed by atoms with Gasteiger partial charge in [-0.1, -0.05) is 6.92 Å². The largest absolute Gasteiger partial charge is 0.380 e. The Balaban J connectivity index is 1.71. The van der Waals surface area contributed by atoms with Gasteiger partial charge >= 0.3 is 0 Å². The molecule has 0 unspecified atom stereocenters. The smallest absolute Gasteiger partial charge is 0.194 e. The van der Waals surface area contributed by atoms with E-state index in [9.17, 15) is 0 Å². The Bertz CT molecular complexity index is 568. The van der Waals surface area contributed by atoms with E-state index in [4.69, 9.17) is 4.74 Å². The van der Waals surface area contributed by atoms with Gasteiger partial charge in [0.15, 0.2) is 4.96 Å². The minimum Gasteiger partial charge on any atom is -0.380 e. The number of thiazole rings is 1. The van der Waals surface area contributed by atoms with Crippen LogP contribution in [0.15, 0.2) is 6.20 Å². The van der Waals surface area contributed by atoms with Gasteiger partial charge in [-0.3, -0.25) is 4.40 Å². The second kappa shape index (κ2) is 4.33. The van der Waals surface area contributed by atoms with Crippen molar-refractivity contribution in [3.63, 3.8) is 0 Å². The highest BCUT2D eigenvalue weighted by Crippen LogP contribution is 2.25. The Kier molecular flexibility index (Phi) is 2.92. The number of nitrogens with zero attached hydrogens (tertiary/aromatic N) is 2. The molecule has 3 rings (SSSR count). The molecule has 1 N–H and O–H groups in total. The van der Waals surface area contributed by atoms with Crippen LogP contribution < -0.4 is 5.32 Å². The zero-order valence-electron chi connectivity index (χ0n) is 11.1. The number of imidazole rings is 1. The predicted octanol–water partition coefficient (Wildman–Crippen LogP) is 2.14. The first-order valence-corrected chi connectivity index (χ1v) is 7.11. The molecule has 0 radical (unpaired) electrons. The highest BCUT2D eigenvalue weighted by atomic mass is 32.1. The fraction of sp³-hybridized carbons (Fsp3) is 0.615. The lowest BCUT2D eigenvalue weighted by Gasteiger charge is -2.38. The number of aryl methyl sites for hydroxylation is 2. The lowest BCUT2D eigenvalue weighted by molar-refractivity contribution is -0.0991. The summed E-state index contributed by atoms with van der Waals surface area (Å²) < 4.78 is 7.48. The van der Waals surface area contributed by atoms with Crippen LogP contribution in [0.3, 0.4) is 0 Å². The fourth-order valence-corrected chi connectivity index (χ4v) is 3.25. The van der Waals surface area contributed by atoms with Crippen LogP contribution >= 0.6 is 11.3 Å². The van der Waals surface area contributed by atoms with E-state index in [0.717, 1.165) is 37.0 Å². The molecule has 0 atom stereocenters. The summed E-state index contributed by atoms with van der Waals surface area (Å²) in [5, 5.41) is 3.54. The quantitative estimate of drug-likeness (QED) is 0.920. The van der Waals surface area contributed by atoms with Gasteiger partial charge in [0.2, 0.25) is 0 Å². The third-order valence-electron chi connectivity index (χ3n) is 3.49. The van der Waals surface area contributed by atoms with Crippen molar-refractivity contribution in [2.75, 3.05) is 19.8 Å². The third-order valence-corrected chi connectivity index (χ3v) is 4.38. The maximum Gasteiger partial charge on any atom is 0.194 e. The second-order valence-electron chi connectivity index (χ2n) is 5.55. The summed E-state index contributed by atoms with van der Waals surface area (Å²) >= 11 is 1.75. The van der Waals surface area contributed by atoms with Crippen LogP contribution in [-0.4, -0.2) is 29.1 Å². The lowest BCUT2D eigenvalue weighted by Crippen LogP contribution is -2.47. The minimum atomic E-state index is 0.322. The number of ether oxygens (including phenoxy) is 1. The monoisotopic (exact) mass is 265 g/mol. The number of nitrogens with one attached hydrogen (secondary N) is 1. The SMILES string of the molecule is Cc1cn2c(CNCC3(C)COC3)c(C)nc2s1. The minimum absolute atomic E-state index is 0.322. The van der Waals surface area contributed by atoms with Crippen LogP contribution in [0.25, 0.3) is 4.96 Å². The summed E-state index contributed by atoms with van der Waals surface area (Å²) in [6.45, 7) is 10.1. The van der Waals surface area contributed by atoms with Gasteiger partial charge in [0.05, 0.1) is 24.6 Å². The molecular weight excluding hydrogens is 246 g/mol. The first-order chi connectivity index (χ1) is 8.57. The average Bonchev–Trinajstić information content (AvgIpc) is 2.74. The van der Waals surface area contributed by atoms with Crippen LogP contribution in [0.5, 0.6) is 0 Å². The second-order valence-corrected chi connectivity index (χ2v) is 6.76. The number of hydrogen-bond donors (Lipinski definition) is 1. The zero-order valence-corrected chi connectivity index (χ0v) is 11.9. The van der Waals surface area contributed by atoms with Crippen LogP contribution in [-0.2, 0) is 11.3 Å². The molecule has 5 heteroatoms. The molecule has 0 aromatic carbocycles. The molecule has 3 heterocycles. The molecule has 0 spiro atoms. The summed E-state index contributed by atoms with van der Waals surface area (Å²) in [4.78, 5) is 7.00. The van der Waals surface area contributed by atoms with E-state index in [1.807, 2.05) is 0 Å². The van der Waals surface area contributed by atoms with Gasteiger partial charge in [0.1, 0.15) is 0 Å². The maximum absolute atomic E-state index is 5.27. The summed E-state index contributed by atoms with van der Waals surface area (Å²) in [5.74, 6) is 0. The van der Waals surface area contributed by atoms with E-state index in [-0.39, 0.29) is 0 Å². The van der Waals surface area contributed by atoms with E-state index in [2.05, 4.69) is 41.7 Å². The molecule has 0 amide bonds. The van der Waals surface area contributed by atoms with Gasteiger partial charge in [-0.25, -0.2) is 4.98 Å². The van der Waals surface area contributed by atoms with Gasteiger partial charge in [-0.15, -0.1) is 11.3 Å². The Hall–Kier alpha value is -0.910. The Labute approximate surface area is 111 Å². The van der Waals surface area contributed by atoms with Crippen molar-refractivity contribution in [2.24, 2.45) is 5.41 Å². The average molecular weight is 265 g/mol. The van der Waals surface area contributed by atoms with E-state index >= 15 is 0 Å². The van der Waals surface area contributed by atoms with Crippen LogP contribution in [0.4, 0.5) is 0 Å². The molecule has 1 fully saturated rings. The van der Waals surface area contributed by atoms with Crippen molar-refractivity contribution >= 4 is 16.3 Å². The van der Waals surface area contributed by atoms with Crippen molar-refractivity contribution in [1.82, 2.24) is 14.7 Å². The zero-order chi connectivity index (χ0) is 12.8. The molecular formula is C13H19N3OS. The molecule has 2 aromatic rings. The molecule has 2 aromatic heterocycles. The molecule has 1 aliphatic rings. The number of hydrogen-bond acceptors (Lipinski definition) is 4. The molecule has 98 valence electrons. The summed E-state index contributed by atoms with van der Waals surface area (Å²) in [6, 6.07) is 0. The van der Waals surface area contributed by atoms with E-state index in [0.29, 0.717) is 5.41 Å². The number of aromatic nitrogens is 2.